The molecule has 3 rings (SSSR count). The quantitative estimate of drug-likeness (QED) is 0.623. The van der Waals surface area contributed by atoms with E-state index >= 15 is 0 Å². The molecule has 0 saturated heterocycles. The number of H-pyrrole nitrogens is 1. The van der Waals surface area contributed by atoms with Crippen LogP contribution in [0.2, 0.25) is 0 Å². The van der Waals surface area contributed by atoms with Crippen molar-refractivity contribution in [2.45, 2.75) is 12.7 Å². The summed E-state index contributed by atoms with van der Waals surface area (Å²) in [5.41, 5.74) is -0.216. The molecule has 9 heteroatoms. The topological polar surface area (TPSA) is 79.5 Å². The Hall–Kier alpha value is -3.62. The van der Waals surface area contributed by atoms with Crippen LogP contribution in [0.5, 0.6) is 0 Å². The summed E-state index contributed by atoms with van der Waals surface area (Å²) in [5, 5.41) is 0.853. The van der Waals surface area contributed by atoms with E-state index in [1.807, 2.05) is 0 Å². The minimum absolute atomic E-state index is 0.197. The largest absolute Gasteiger partial charge is 0.451 e. The Morgan fingerprint density at radius 3 is 2.37 bits per heavy atom. The van der Waals surface area contributed by atoms with Crippen LogP contribution >= 0.6 is 0 Å². The molecule has 1 N–H and O–H groups in total. The van der Waals surface area contributed by atoms with Crippen molar-refractivity contribution >= 4 is 22.6 Å². The highest BCUT2D eigenvalue weighted by Gasteiger charge is 2.33. The van der Waals surface area contributed by atoms with E-state index in [1.54, 1.807) is 54.6 Å². The van der Waals surface area contributed by atoms with E-state index in [-0.39, 0.29) is 12.2 Å². The van der Waals surface area contributed by atoms with Gasteiger partial charge in [-0.2, -0.15) is 13.2 Å². The fraction of sp³-hybridized carbons (Fsp3) is 0.190. The number of aromatic amines is 1. The summed E-state index contributed by atoms with van der Waals surface area (Å²) >= 11 is 0. The van der Waals surface area contributed by atoms with Gasteiger partial charge in [0.25, 0.3) is 11.5 Å². The monoisotopic (exact) mass is 418 g/mol. The Morgan fingerprint density at radius 1 is 1.00 bits per heavy atom. The number of alkyl halides is 3. The molecule has 1 amide bonds. The molecule has 2 aromatic carbocycles. The number of hydrogen-bond donors (Lipinski definition) is 1. The van der Waals surface area contributed by atoms with Crippen molar-refractivity contribution in [2.75, 3.05) is 13.2 Å². The second kappa shape index (κ2) is 8.81. The first-order valence-corrected chi connectivity index (χ1v) is 8.90. The second-order valence-corrected chi connectivity index (χ2v) is 6.53. The Kier molecular flexibility index (Phi) is 6.20. The molecule has 6 nitrogen and oxygen atoms in total. The first-order chi connectivity index (χ1) is 14.2. The van der Waals surface area contributed by atoms with Gasteiger partial charge in [0.1, 0.15) is 12.2 Å². The van der Waals surface area contributed by atoms with Crippen molar-refractivity contribution < 1.29 is 27.5 Å². The van der Waals surface area contributed by atoms with Crippen molar-refractivity contribution in [2.24, 2.45) is 0 Å². The number of benzene rings is 2. The van der Waals surface area contributed by atoms with Gasteiger partial charge in [0, 0.05) is 11.9 Å². The molecule has 0 radical (unpaired) electrons. The lowest BCUT2D eigenvalue weighted by atomic mass is 10.1. The van der Waals surface area contributed by atoms with Gasteiger partial charge in [-0.3, -0.25) is 9.59 Å². The van der Waals surface area contributed by atoms with Crippen LogP contribution in [0.4, 0.5) is 13.2 Å². The van der Waals surface area contributed by atoms with Crippen LogP contribution in [0.3, 0.4) is 0 Å². The Morgan fingerprint density at radius 2 is 1.67 bits per heavy atom. The van der Waals surface area contributed by atoms with Gasteiger partial charge in [-0.1, -0.05) is 48.5 Å². The lowest BCUT2D eigenvalue weighted by Crippen LogP contribution is -2.40. The lowest BCUT2D eigenvalue weighted by molar-refractivity contribution is -0.164. The van der Waals surface area contributed by atoms with Crippen LogP contribution in [0.1, 0.15) is 16.1 Å². The zero-order valence-electron chi connectivity index (χ0n) is 15.6. The highest BCUT2D eigenvalue weighted by Crippen LogP contribution is 2.18. The zero-order chi connectivity index (χ0) is 21.7. The highest BCUT2D eigenvalue weighted by molar-refractivity contribution is 5.94. The summed E-state index contributed by atoms with van der Waals surface area (Å²) in [4.78, 5) is 39.5. The van der Waals surface area contributed by atoms with Crippen LogP contribution in [0.15, 0.2) is 65.5 Å². The lowest BCUT2D eigenvalue weighted by Gasteiger charge is -2.24. The fourth-order valence-electron chi connectivity index (χ4n) is 2.87. The number of pyridine rings is 1. The number of rotatable bonds is 6. The van der Waals surface area contributed by atoms with Gasteiger partial charge in [0.2, 0.25) is 0 Å². The number of nitrogens with one attached hydrogen (secondary N) is 1. The van der Waals surface area contributed by atoms with E-state index in [2.05, 4.69) is 4.98 Å². The number of esters is 1. The van der Waals surface area contributed by atoms with Gasteiger partial charge in [0.15, 0.2) is 6.61 Å². The molecule has 30 heavy (non-hydrogen) atoms. The number of halogens is 3. The summed E-state index contributed by atoms with van der Waals surface area (Å²) < 4.78 is 43.5. The van der Waals surface area contributed by atoms with Crippen LogP contribution in [-0.4, -0.2) is 41.1 Å². The van der Waals surface area contributed by atoms with E-state index in [0.717, 1.165) is 0 Å². The third-order valence-electron chi connectivity index (χ3n) is 4.24. The van der Waals surface area contributed by atoms with Crippen molar-refractivity contribution in [1.29, 1.82) is 0 Å². The molecule has 0 aliphatic rings. The Balaban J connectivity index is 1.71. The van der Waals surface area contributed by atoms with Gasteiger partial charge < -0.3 is 14.6 Å². The number of carbonyl (C=O) groups excluding carboxylic acids is 2. The van der Waals surface area contributed by atoms with Crippen LogP contribution in [0.25, 0.3) is 10.8 Å². The number of ether oxygens (including phenoxy) is 1. The molecule has 1 heterocycles. The van der Waals surface area contributed by atoms with Gasteiger partial charge in [0.05, 0.1) is 0 Å². The number of nitrogens with zero attached hydrogens (tertiary/aromatic N) is 1. The molecule has 0 saturated carbocycles. The van der Waals surface area contributed by atoms with Crippen molar-refractivity contribution in [3.8, 4) is 0 Å². The summed E-state index contributed by atoms with van der Waals surface area (Å²) in [6.07, 6.45) is -4.61. The maximum Gasteiger partial charge on any atom is 0.406 e. The third-order valence-corrected chi connectivity index (χ3v) is 4.24. The molecule has 1 aromatic heterocycles. The van der Waals surface area contributed by atoms with E-state index < -0.39 is 36.8 Å². The molecule has 0 atom stereocenters. The van der Waals surface area contributed by atoms with Crippen LogP contribution in [0, 0.1) is 0 Å². The average molecular weight is 418 g/mol. The van der Waals surface area contributed by atoms with E-state index in [1.165, 1.54) is 6.07 Å². The minimum Gasteiger partial charge on any atom is -0.451 e. The smallest absolute Gasteiger partial charge is 0.406 e. The number of fused-ring (bicyclic) bond motifs is 1. The van der Waals surface area contributed by atoms with E-state index in [9.17, 15) is 27.6 Å². The van der Waals surface area contributed by atoms with Gasteiger partial charge in [-0.25, -0.2) is 4.79 Å². The summed E-state index contributed by atoms with van der Waals surface area (Å²) in [5.74, 6) is -2.02. The molecule has 0 aliphatic carbocycles. The number of aromatic nitrogens is 1. The summed E-state index contributed by atoms with van der Waals surface area (Å²) in [7, 11) is 0. The Bertz CT molecular complexity index is 1110. The number of amides is 1. The predicted molar refractivity (Wildman–Crippen MR) is 103 cm³/mol. The van der Waals surface area contributed by atoms with Gasteiger partial charge in [-0.15, -0.1) is 0 Å². The molecule has 3 aromatic rings. The summed E-state index contributed by atoms with van der Waals surface area (Å²) in [6.45, 7) is -2.66. The van der Waals surface area contributed by atoms with E-state index in [0.29, 0.717) is 21.2 Å². The standard InChI is InChI=1S/C21H17F3N2O4/c22-21(23,24)13-26(11-14-6-2-1-3-7-14)18(27)12-30-20(29)17-10-15-8-4-5-9-16(15)19(28)25-17/h1-10H,11-13H2,(H,25,28). The third kappa shape index (κ3) is 5.47. The SMILES string of the molecule is O=C(OCC(=O)N(Cc1ccccc1)CC(F)(F)F)c1cc2ccccc2c(=O)[nH]1. The average Bonchev–Trinajstić information content (AvgIpc) is 2.71. The van der Waals surface area contributed by atoms with Gasteiger partial charge >= 0.3 is 12.1 Å². The van der Waals surface area contributed by atoms with Crippen molar-refractivity contribution in [3.05, 3.63) is 82.3 Å². The normalized spacial score (nSPS) is 11.3. The Labute approximate surface area is 168 Å². The van der Waals surface area contributed by atoms with Crippen LogP contribution in [-0.2, 0) is 16.1 Å². The van der Waals surface area contributed by atoms with Crippen LogP contribution < -0.4 is 5.56 Å². The minimum atomic E-state index is -4.61. The van der Waals surface area contributed by atoms with E-state index in [4.69, 9.17) is 4.74 Å². The zero-order valence-corrected chi connectivity index (χ0v) is 15.6. The maximum absolute atomic E-state index is 12.9. The first-order valence-electron chi connectivity index (χ1n) is 8.90. The summed E-state index contributed by atoms with van der Waals surface area (Å²) in [6, 6.07) is 16.1. The maximum atomic E-state index is 12.9. The van der Waals surface area contributed by atoms with Crippen molar-refractivity contribution in [1.82, 2.24) is 9.88 Å². The predicted octanol–water partition coefficient (Wildman–Crippen LogP) is 3.28. The molecule has 0 unspecified atom stereocenters. The molecular weight excluding hydrogens is 401 g/mol. The molecular formula is C21H17F3N2O4. The fourth-order valence-corrected chi connectivity index (χ4v) is 2.87. The highest BCUT2D eigenvalue weighted by atomic mass is 19.4. The van der Waals surface area contributed by atoms with Crippen molar-refractivity contribution in [3.63, 3.8) is 0 Å². The molecule has 0 spiro atoms. The molecule has 0 bridgehead atoms. The number of hydrogen-bond acceptors (Lipinski definition) is 4. The second-order valence-electron chi connectivity index (χ2n) is 6.53. The number of carbonyl (C=O) groups is 2. The first kappa shape index (κ1) is 21.1. The molecule has 156 valence electrons. The molecule has 0 fully saturated rings. The van der Waals surface area contributed by atoms with Gasteiger partial charge in [-0.05, 0) is 23.1 Å². The molecule has 0 aliphatic heterocycles.